The van der Waals surface area contributed by atoms with Gasteiger partial charge in [-0.05, 0) is 27.7 Å². The second-order valence-electron chi connectivity index (χ2n) is 6.59. The van der Waals surface area contributed by atoms with Crippen LogP contribution in [0.3, 0.4) is 0 Å². The van der Waals surface area contributed by atoms with Crippen LogP contribution in [-0.4, -0.2) is 62.2 Å². The van der Waals surface area contributed by atoms with Crippen molar-refractivity contribution in [1.29, 1.82) is 0 Å². The summed E-state index contributed by atoms with van der Waals surface area (Å²) in [5.41, 5.74) is -2.10. The van der Waals surface area contributed by atoms with Crippen molar-refractivity contribution in [1.82, 2.24) is 0 Å². The summed E-state index contributed by atoms with van der Waals surface area (Å²) >= 11 is 0. The zero-order chi connectivity index (χ0) is 19.4. The summed E-state index contributed by atoms with van der Waals surface area (Å²) < 4.78 is 20.6. The fourth-order valence-corrected chi connectivity index (χ4v) is 2.29. The summed E-state index contributed by atoms with van der Waals surface area (Å²) in [4.78, 5) is 0. The quantitative estimate of drug-likeness (QED) is 0.172. The molecule has 0 radical (unpaired) electrons. The summed E-state index contributed by atoms with van der Waals surface area (Å²) in [5, 5.41) is 57.7. The van der Waals surface area contributed by atoms with Crippen molar-refractivity contribution >= 4 is 12.6 Å². The van der Waals surface area contributed by atoms with Crippen LogP contribution in [0, 0.1) is 0 Å². The molecule has 0 spiro atoms. The number of phenolic OH excluding ortho intramolecular Hbond substituents is 3. The van der Waals surface area contributed by atoms with Crippen LogP contribution < -0.4 is 14.9 Å². The van der Waals surface area contributed by atoms with Crippen molar-refractivity contribution in [3.63, 3.8) is 0 Å². The summed E-state index contributed by atoms with van der Waals surface area (Å²) in [5.74, 6) is -4.07. The number of aromatic hydroxyl groups is 3. The van der Waals surface area contributed by atoms with E-state index < -0.39 is 58.7 Å². The standard InChI is InChI=1S/C14H21BO10/c1-12(2)13(3,4)25-15(24-12)6-7(16)9(18)10(22-5)11(8(6)17)23-14(19,20)21/h16-21H,1-5H3. The lowest BCUT2D eigenvalue weighted by molar-refractivity contribution is -0.420. The van der Waals surface area contributed by atoms with Crippen LogP contribution >= 0.6 is 0 Å². The molecule has 0 unspecified atom stereocenters. The number of methoxy groups -OCH3 is 1. The van der Waals surface area contributed by atoms with Gasteiger partial charge < -0.3 is 49.4 Å². The third-order valence-electron chi connectivity index (χ3n) is 4.30. The highest BCUT2D eigenvalue weighted by atomic mass is 16.9. The molecule has 11 heteroatoms. The number of ether oxygens (including phenoxy) is 2. The molecule has 10 nitrogen and oxygen atoms in total. The molecule has 1 heterocycles. The molecule has 1 aromatic carbocycles. The smallest absolute Gasteiger partial charge is 0.502 e. The predicted molar refractivity (Wildman–Crippen MR) is 83.7 cm³/mol. The highest BCUT2D eigenvalue weighted by Gasteiger charge is 2.54. The van der Waals surface area contributed by atoms with E-state index in [4.69, 9.17) is 29.4 Å². The van der Waals surface area contributed by atoms with E-state index in [0.29, 0.717) is 0 Å². The van der Waals surface area contributed by atoms with Crippen LogP contribution in [0.15, 0.2) is 0 Å². The van der Waals surface area contributed by atoms with Gasteiger partial charge in [0.25, 0.3) is 0 Å². The molecule has 1 fully saturated rings. The van der Waals surface area contributed by atoms with Crippen LogP contribution in [0.2, 0.25) is 0 Å². The molecular weight excluding hydrogens is 339 g/mol. The summed E-state index contributed by atoms with van der Waals surface area (Å²) in [6.45, 7) is 6.90. The monoisotopic (exact) mass is 360 g/mol. The first kappa shape index (κ1) is 19.4. The Morgan fingerprint density at radius 2 is 1.32 bits per heavy atom. The van der Waals surface area contributed by atoms with E-state index in [-0.39, 0.29) is 0 Å². The normalized spacial score (nSPS) is 19.1. The molecule has 0 bridgehead atoms. The van der Waals surface area contributed by atoms with Gasteiger partial charge in [0.1, 0.15) is 0 Å². The molecule has 0 aliphatic carbocycles. The molecule has 1 saturated heterocycles. The highest BCUT2D eigenvalue weighted by Crippen LogP contribution is 2.49. The fraction of sp³-hybridized carbons (Fsp3) is 0.571. The lowest BCUT2D eigenvalue weighted by Crippen LogP contribution is -2.41. The van der Waals surface area contributed by atoms with Crippen molar-refractivity contribution in [3.05, 3.63) is 0 Å². The average molecular weight is 360 g/mol. The van der Waals surface area contributed by atoms with Gasteiger partial charge in [-0.1, -0.05) is 0 Å². The molecule has 25 heavy (non-hydrogen) atoms. The van der Waals surface area contributed by atoms with Crippen molar-refractivity contribution in [2.75, 3.05) is 7.11 Å². The predicted octanol–water partition coefficient (Wildman–Crippen LogP) is -0.922. The largest absolute Gasteiger partial charge is 0.504 e. The molecule has 6 N–H and O–H groups in total. The van der Waals surface area contributed by atoms with Crippen LogP contribution in [0.4, 0.5) is 0 Å². The van der Waals surface area contributed by atoms with Crippen LogP contribution in [0.1, 0.15) is 27.7 Å². The van der Waals surface area contributed by atoms with Gasteiger partial charge in [0.2, 0.25) is 17.2 Å². The van der Waals surface area contributed by atoms with E-state index >= 15 is 0 Å². The van der Waals surface area contributed by atoms with E-state index in [1.54, 1.807) is 27.7 Å². The summed E-state index contributed by atoms with van der Waals surface area (Å²) in [6.07, 6.45) is -3.68. The Balaban J connectivity index is 2.64. The highest BCUT2D eigenvalue weighted by molar-refractivity contribution is 6.64. The second kappa shape index (κ2) is 5.82. The van der Waals surface area contributed by atoms with Crippen molar-refractivity contribution in [2.24, 2.45) is 0 Å². The lowest BCUT2D eigenvalue weighted by Gasteiger charge is -2.32. The molecule has 2 rings (SSSR count). The molecule has 140 valence electrons. The first-order valence-electron chi connectivity index (χ1n) is 7.28. The SMILES string of the molecule is COc1c(O)c(O)c(B2OC(C)(C)C(C)(C)O2)c(O)c1OC(O)(O)O. The second-order valence-corrected chi connectivity index (χ2v) is 6.59. The van der Waals surface area contributed by atoms with E-state index in [1.807, 2.05) is 0 Å². The van der Waals surface area contributed by atoms with Crippen LogP contribution in [-0.2, 0) is 9.31 Å². The Kier molecular flexibility index (Phi) is 4.52. The Labute approximate surface area is 143 Å². The van der Waals surface area contributed by atoms with Crippen LogP contribution in [0.5, 0.6) is 28.7 Å². The molecule has 0 aromatic heterocycles. The molecule has 0 saturated carbocycles. The summed E-state index contributed by atoms with van der Waals surface area (Å²) in [6, 6.07) is 0. The minimum Gasteiger partial charge on any atom is -0.504 e. The Morgan fingerprint density at radius 3 is 1.72 bits per heavy atom. The maximum atomic E-state index is 10.4. The van der Waals surface area contributed by atoms with Gasteiger partial charge in [-0.15, -0.1) is 0 Å². The van der Waals surface area contributed by atoms with E-state index in [1.165, 1.54) is 0 Å². The van der Waals surface area contributed by atoms with Gasteiger partial charge in [0, 0.05) is 0 Å². The maximum Gasteiger partial charge on any atom is 0.502 e. The molecule has 0 amide bonds. The van der Waals surface area contributed by atoms with Gasteiger partial charge in [-0.3, -0.25) is 0 Å². The van der Waals surface area contributed by atoms with Crippen molar-refractivity contribution in [3.8, 4) is 28.7 Å². The number of aliphatic hydroxyl groups is 3. The molecule has 1 aliphatic rings. The first-order chi connectivity index (χ1) is 11.2. The van der Waals surface area contributed by atoms with Crippen molar-refractivity contribution in [2.45, 2.75) is 45.1 Å². The third-order valence-corrected chi connectivity index (χ3v) is 4.30. The minimum atomic E-state index is -3.68. The van der Waals surface area contributed by atoms with Gasteiger partial charge in [-0.2, -0.15) is 0 Å². The zero-order valence-corrected chi connectivity index (χ0v) is 14.4. The fourth-order valence-electron chi connectivity index (χ4n) is 2.29. The van der Waals surface area contributed by atoms with E-state index in [9.17, 15) is 15.3 Å². The minimum absolute atomic E-state index is 0.434. The van der Waals surface area contributed by atoms with E-state index in [0.717, 1.165) is 7.11 Å². The van der Waals surface area contributed by atoms with Crippen LogP contribution in [0.25, 0.3) is 0 Å². The number of hydrogen-bond acceptors (Lipinski definition) is 10. The topological polar surface area (TPSA) is 158 Å². The van der Waals surface area contributed by atoms with Gasteiger partial charge in [-0.25, -0.2) is 0 Å². The molecule has 0 atom stereocenters. The molecule has 1 aliphatic heterocycles. The Hall–Kier alpha value is -1.92. The Bertz CT molecular complexity index is 663. The summed E-state index contributed by atoms with van der Waals surface area (Å²) in [7, 11) is -0.266. The van der Waals surface area contributed by atoms with Gasteiger partial charge in [0.15, 0.2) is 11.5 Å². The maximum absolute atomic E-state index is 10.4. The lowest BCUT2D eigenvalue weighted by atomic mass is 9.77. The first-order valence-corrected chi connectivity index (χ1v) is 7.28. The number of rotatable bonds is 4. The van der Waals surface area contributed by atoms with Gasteiger partial charge >= 0.3 is 13.3 Å². The van der Waals surface area contributed by atoms with Crippen molar-refractivity contribution < 1.29 is 49.4 Å². The molecule has 1 aromatic rings. The Morgan fingerprint density at radius 1 is 0.840 bits per heavy atom. The zero-order valence-electron chi connectivity index (χ0n) is 14.4. The number of phenols is 3. The number of hydrogen-bond donors (Lipinski definition) is 6. The third kappa shape index (κ3) is 3.28. The number of benzene rings is 1. The molecular formula is C14H21BO10. The van der Waals surface area contributed by atoms with E-state index in [2.05, 4.69) is 4.74 Å². The van der Waals surface area contributed by atoms with Gasteiger partial charge in [0.05, 0.1) is 23.8 Å². The average Bonchev–Trinajstić information content (AvgIpc) is 2.63.